The van der Waals surface area contributed by atoms with E-state index in [4.69, 9.17) is 10.1 Å². The van der Waals surface area contributed by atoms with Crippen LogP contribution in [0.1, 0.15) is 52.7 Å². The molecule has 0 saturated heterocycles. The van der Waals surface area contributed by atoms with E-state index in [0.29, 0.717) is 0 Å². The highest BCUT2D eigenvalue weighted by Gasteiger charge is 2.28. The van der Waals surface area contributed by atoms with E-state index in [1.54, 1.807) is 34.6 Å². The number of hydrogen-bond acceptors (Lipinski definition) is 6. The summed E-state index contributed by atoms with van der Waals surface area (Å²) in [6.45, 7) is 10.1. The van der Waals surface area contributed by atoms with Crippen LogP contribution >= 0.6 is 0 Å². The van der Waals surface area contributed by atoms with Crippen molar-refractivity contribution in [3.8, 4) is 0 Å². The Morgan fingerprint density at radius 3 is 2.02 bits per heavy atom. The number of carbonyl (C=O) groups excluding carboxylic acids is 4. The van der Waals surface area contributed by atoms with Gasteiger partial charge in [0, 0.05) is 18.9 Å². The first kappa shape index (κ1) is 34.5. The molecule has 45 heavy (non-hydrogen) atoms. The molecule has 0 heterocycles. The second kappa shape index (κ2) is 15.1. The SMILES string of the molecule is CC(=N)NC(=O)[C@@H](Cc1ccccc1)NC(=O)C(Cc1ccc2ccccc2c1)NC(=O)/C=C/C(C)(C)NC(=O)OC(C)(C)C. The summed E-state index contributed by atoms with van der Waals surface area (Å²) in [7, 11) is 0. The summed E-state index contributed by atoms with van der Waals surface area (Å²) >= 11 is 0. The molecule has 0 radical (unpaired) electrons. The van der Waals surface area contributed by atoms with E-state index < -0.39 is 47.0 Å². The largest absolute Gasteiger partial charge is 0.444 e. The van der Waals surface area contributed by atoms with Crippen LogP contribution in [0.3, 0.4) is 0 Å². The van der Waals surface area contributed by atoms with Gasteiger partial charge in [0.05, 0.1) is 11.4 Å². The second-order valence-corrected chi connectivity index (χ2v) is 12.5. The lowest BCUT2D eigenvalue weighted by Crippen LogP contribution is -2.55. The highest BCUT2D eigenvalue weighted by Crippen LogP contribution is 2.17. The maximum atomic E-state index is 13.8. The number of amidine groups is 1. The van der Waals surface area contributed by atoms with Crippen LogP contribution in [0.4, 0.5) is 4.79 Å². The van der Waals surface area contributed by atoms with E-state index in [0.717, 1.165) is 21.9 Å². The number of alkyl carbamates (subject to hydrolysis) is 1. The summed E-state index contributed by atoms with van der Waals surface area (Å²) in [6.07, 6.45) is 2.47. The molecule has 3 rings (SSSR count). The average Bonchev–Trinajstić information content (AvgIpc) is 2.94. The van der Waals surface area contributed by atoms with Crippen LogP contribution in [0, 0.1) is 5.41 Å². The van der Waals surface area contributed by atoms with E-state index in [1.165, 1.54) is 19.1 Å². The third kappa shape index (κ3) is 11.9. The molecule has 0 aliphatic carbocycles. The van der Waals surface area contributed by atoms with Crippen molar-refractivity contribution < 1.29 is 23.9 Å². The van der Waals surface area contributed by atoms with Crippen LogP contribution in [0.2, 0.25) is 0 Å². The van der Waals surface area contributed by atoms with Gasteiger partial charge in [0.15, 0.2) is 0 Å². The zero-order chi connectivity index (χ0) is 33.2. The zero-order valence-corrected chi connectivity index (χ0v) is 26.7. The Balaban J connectivity index is 1.84. The van der Waals surface area contributed by atoms with Gasteiger partial charge in [-0.1, -0.05) is 78.9 Å². The summed E-state index contributed by atoms with van der Waals surface area (Å²) in [4.78, 5) is 52.2. The van der Waals surface area contributed by atoms with Gasteiger partial charge in [0.1, 0.15) is 17.7 Å². The Kier molecular flexibility index (Phi) is 11.6. The van der Waals surface area contributed by atoms with E-state index in [-0.39, 0.29) is 18.7 Å². The molecular weight excluding hydrogens is 570 g/mol. The minimum atomic E-state index is -1.04. The minimum absolute atomic E-state index is 0.0546. The summed E-state index contributed by atoms with van der Waals surface area (Å²) in [5, 5.41) is 20.5. The Morgan fingerprint density at radius 2 is 1.38 bits per heavy atom. The Bertz CT molecular complexity index is 1560. The lowest BCUT2D eigenvalue weighted by molar-refractivity contribution is -0.130. The van der Waals surface area contributed by atoms with Crippen LogP contribution in [-0.2, 0) is 32.0 Å². The maximum absolute atomic E-state index is 13.8. The first-order chi connectivity index (χ1) is 21.1. The molecule has 10 heteroatoms. The fraction of sp³-hybridized carbons (Fsp3) is 0.343. The van der Waals surface area contributed by atoms with Crippen molar-refractivity contribution in [2.75, 3.05) is 0 Å². The van der Waals surface area contributed by atoms with Gasteiger partial charge in [-0.3, -0.25) is 19.8 Å². The standard InChI is InChI=1S/C35H43N5O5/c1-23(36)37-31(42)29(21-24-12-8-7-9-13-24)39-32(43)28(22-25-16-17-26-14-10-11-15-27(26)20-25)38-30(41)18-19-35(5,6)40-33(44)45-34(2,3)4/h7-20,28-29H,21-22H2,1-6H3,(H,38,41)(H,39,43)(H,40,44)(H2,36,37,42)/b19-18+/t28?,29-/m1/s1. The van der Waals surface area contributed by atoms with Crippen LogP contribution in [0.5, 0.6) is 0 Å². The molecule has 0 aromatic heterocycles. The van der Waals surface area contributed by atoms with Gasteiger partial charge in [-0.15, -0.1) is 0 Å². The fourth-order valence-corrected chi connectivity index (χ4v) is 4.53. The van der Waals surface area contributed by atoms with Crippen molar-refractivity contribution in [3.63, 3.8) is 0 Å². The summed E-state index contributed by atoms with van der Waals surface area (Å²) in [5.41, 5.74) is 0.0130. The number of carbonyl (C=O) groups is 4. The first-order valence-electron chi connectivity index (χ1n) is 14.8. The van der Waals surface area contributed by atoms with Crippen LogP contribution < -0.4 is 21.3 Å². The van der Waals surface area contributed by atoms with Gasteiger partial charge in [-0.25, -0.2) is 4.79 Å². The number of nitrogens with one attached hydrogen (secondary N) is 5. The predicted octanol–water partition coefficient (Wildman–Crippen LogP) is 4.57. The summed E-state index contributed by atoms with van der Waals surface area (Å²) in [5.74, 6) is -1.71. The smallest absolute Gasteiger partial charge is 0.408 e. The number of hydrogen-bond donors (Lipinski definition) is 5. The zero-order valence-electron chi connectivity index (χ0n) is 26.7. The molecule has 0 bridgehead atoms. The minimum Gasteiger partial charge on any atom is -0.444 e. The molecule has 0 aliphatic rings. The van der Waals surface area contributed by atoms with Gasteiger partial charge in [-0.2, -0.15) is 0 Å². The van der Waals surface area contributed by atoms with Crippen molar-refractivity contribution in [3.05, 3.63) is 96.1 Å². The van der Waals surface area contributed by atoms with Crippen LogP contribution in [0.15, 0.2) is 84.9 Å². The third-order valence-electron chi connectivity index (χ3n) is 6.59. The topological polar surface area (TPSA) is 149 Å². The number of amides is 4. The van der Waals surface area contributed by atoms with Gasteiger partial charge in [0.25, 0.3) is 0 Å². The van der Waals surface area contributed by atoms with E-state index in [9.17, 15) is 19.2 Å². The van der Waals surface area contributed by atoms with Crippen molar-refractivity contribution >= 4 is 40.4 Å². The second-order valence-electron chi connectivity index (χ2n) is 12.5. The Morgan fingerprint density at radius 1 is 0.778 bits per heavy atom. The lowest BCUT2D eigenvalue weighted by atomic mass is 10.00. The third-order valence-corrected chi connectivity index (χ3v) is 6.59. The highest BCUT2D eigenvalue weighted by molar-refractivity contribution is 6.00. The molecule has 238 valence electrons. The molecule has 5 N–H and O–H groups in total. The summed E-state index contributed by atoms with van der Waals surface area (Å²) < 4.78 is 5.31. The van der Waals surface area contributed by atoms with E-state index in [2.05, 4.69) is 21.3 Å². The predicted molar refractivity (Wildman–Crippen MR) is 176 cm³/mol. The molecule has 3 aromatic rings. The van der Waals surface area contributed by atoms with E-state index >= 15 is 0 Å². The normalized spacial score (nSPS) is 13.0. The number of rotatable bonds is 11. The number of benzene rings is 3. The van der Waals surface area contributed by atoms with Crippen LogP contribution in [0.25, 0.3) is 10.8 Å². The molecule has 1 unspecified atom stereocenters. The quantitative estimate of drug-likeness (QED) is 0.122. The van der Waals surface area contributed by atoms with E-state index in [1.807, 2.05) is 72.8 Å². The fourth-order valence-electron chi connectivity index (χ4n) is 4.53. The number of ether oxygens (including phenoxy) is 1. The van der Waals surface area contributed by atoms with Crippen LogP contribution in [-0.4, -0.2) is 52.9 Å². The van der Waals surface area contributed by atoms with Crippen molar-refractivity contribution in [2.24, 2.45) is 0 Å². The molecular formula is C35H43N5O5. The molecule has 0 spiro atoms. The van der Waals surface area contributed by atoms with Gasteiger partial charge in [-0.05, 0) is 63.4 Å². The molecule has 0 fully saturated rings. The molecule has 4 amide bonds. The Hall–Kier alpha value is -4.99. The number of fused-ring (bicyclic) bond motifs is 1. The Labute approximate surface area is 264 Å². The lowest BCUT2D eigenvalue weighted by Gasteiger charge is -2.26. The summed E-state index contributed by atoms with van der Waals surface area (Å²) in [6, 6.07) is 20.8. The monoisotopic (exact) mass is 613 g/mol. The average molecular weight is 614 g/mol. The molecule has 2 atom stereocenters. The highest BCUT2D eigenvalue weighted by atomic mass is 16.6. The van der Waals surface area contributed by atoms with Crippen molar-refractivity contribution in [1.82, 2.24) is 21.3 Å². The van der Waals surface area contributed by atoms with Gasteiger partial charge in [0.2, 0.25) is 17.7 Å². The maximum Gasteiger partial charge on any atom is 0.408 e. The molecule has 3 aromatic carbocycles. The first-order valence-corrected chi connectivity index (χ1v) is 14.8. The van der Waals surface area contributed by atoms with Crippen molar-refractivity contribution in [2.45, 2.75) is 77.6 Å². The molecule has 0 saturated carbocycles. The molecule has 0 aliphatic heterocycles. The van der Waals surface area contributed by atoms with Gasteiger partial charge < -0.3 is 26.0 Å². The molecule has 10 nitrogen and oxygen atoms in total. The van der Waals surface area contributed by atoms with Gasteiger partial charge >= 0.3 is 6.09 Å². The van der Waals surface area contributed by atoms with Crippen molar-refractivity contribution in [1.29, 1.82) is 5.41 Å².